The largest absolute Gasteiger partial charge is 0.756 e. The van der Waals surface area contributed by atoms with Crippen LogP contribution in [0.25, 0.3) is 11.3 Å². The fourth-order valence-corrected chi connectivity index (χ4v) is 5.74. The molecule has 3 aromatic rings. The van der Waals surface area contributed by atoms with Crippen molar-refractivity contribution in [3.05, 3.63) is 67.0 Å². The van der Waals surface area contributed by atoms with Crippen molar-refractivity contribution in [3.8, 4) is 17.2 Å². The van der Waals surface area contributed by atoms with Crippen molar-refractivity contribution in [1.82, 2.24) is 5.16 Å². The molecule has 1 aromatic carbocycles. The molecular formula is C35H53N2O7P. The van der Waals surface area contributed by atoms with E-state index >= 15 is 0 Å². The minimum atomic E-state index is -4.55. The van der Waals surface area contributed by atoms with Crippen LogP contribution in [-0.4, -0.2) is 37.7 Å². The van der Waals surface area contributed by atoms with E-state index in [1.807, 2.05) is 65.5 Å². The lowest BCUT2D eigenvalue weighted by molar-refractivity contribution is -0.697. The summed E-state index contributed by atoms with van der Waals surface area (Å²) in [4.78, 5) is 12.4. The monoisotopic (exact) mass is 644 g/mol. The maximum absolute atomic E-state index is 12.4. The van der Waals surface area contributed by atoms with Crippen LogP contribution < -0.4 is 14.2 Å². The van der Waals surface area contributed by atoms with E-state index in [1.165, 1.54) is 77.0 Å². The highest BCUT2D eigenvalue weighted by Crippen LogP contribution is 2.38. The van der Waals surface area contributed by atoms with Crippen LogP contribution in [0.3, 0.4) is 0 Å². The zero-order chi connectivity index (χ0) is 31.8. The smallest absolute Gasteiger partial charge is 0.268 e. The zero-order valence-electron chi connectivity index (χ0n) is 27.1. The van der Waals surface area contributed by atoms with Crippen LogP contribution in [0.2, 0.25) is 0 Å². The topological polar surface area (TPSA) is 107 Å². The van der Waals surface area contributed by atoms with Crippen molar-refractivity contribution in [3.63, 3.8) is 0 Å². The summed E-state index contributed by atoms with van der Waals surface area (Å²) in [6.45, 7) is 3.03. The van der Waals surface area contributed by atoms with Crippen LogP contribution in [0.1, 0.15) is 96.8 Å². The van der Waals surface area contributed by atoms with Crippen LogP contribution in [0, 0.1) is 0 Å². The Morgan fingerprint density at radius 3 is 2.02 bits per heavy atom. The van der Waals surface area contributed by atoms with Gasteiger partial charge in [0.1, 0.15) is 12.7 Å². The van der Waals surface area contributed by atoms with Gasteiger partial charge in [-0.15, -0.1) is 0 Å². The van der Waals surface area contributed by atoms with Crippen molar-refractivity contribution in [2.24, 2.45) is 0 Å². The molecule has 2 unspecified atom stereocenters. The van der Waals surface area contributed by atoms with Crippen LogP contribution >= 0.6 is 7.82 Å². The molecule has 0 fully saturated rings. The van der Waals surface area contributed by atoms with Gasteiger partial charge in [0.25, 0.3) is 13.7 Å². The first-order chi connectivity index (χ1) is 22.1. The molecular weight excluding hydrogens is 591 g/mol. The Kier molecular flexibility index (Phi) is 18.8. The predicted octanol–water partition coefficient (Wildman–Crippen LogP) is 8.08. The number of ether oxygens (including phenoxy) is 2. The number of rotatable bonds is 27. The fraction of sp³-hybridized carbons (Fsp3) is 0.600. The highest BCUT2D eigenvalue weighted by Gasteiger charge is 2.20. The summed E-state index contributed by atoms with van der Waals surface area (Å²) in [5.41, 5.74) is 0.857. The fourth-order valence-electron chi connectivity index (χ4n) is 5.01. The number of unbranched alkanes of at least 4 members (excludes halogenated alkanes) is 13. The van der Waals surface area contributed by atoms with E-state index in [2.05, 4.69) is 12.1 Å². The number of pyridine rings is 1. The van der Waals surface area contributed by atoms with Crippen LogP contribution in [0.15, 0.2) is 71.5 Å². The molecule has 0 saturated carbocycles. The SMILES string of the molecule is CCCCCCCCCCCCCCCCOCC(COP(=O)([O-])OCC[n+]1ccccc1)Oc1cc(-c2ccccc2)on1. The summed E-state index contributed by atoms with van der Waals surface area (Å²) in [6.07, 6.45) is 21.1. The minimum Gasteiger partial charge on any atom is -0.756 e. The summed E-state index contributed by atoms with van der Waals surface area (Å²) in [6, 6.07) is 16.8. The molecule has 0 aliphatic carbocycles. The summed E-state index contributed by atoms with van der Waals surface area (Å²) >= 11 is 0. The first-order valence-corrected chi connectivity index (χ1v) is 18.3. The van der Waals surface area contributed by atoms with E-state index < -0.39 is 13.9 Å². The third kappa shape index (κ3) is 17.1. The number of phosphoric ester groups is 1. The molecule has 250 valence electrons. The molecule has 0 amide bonds. The van der Waals surface area contributed by atoms with E-state index in [1.54, 1.807) is 6.07 Å². The average Bonchev–Trinajstić information content (AvgIpc) is 3.53. The van der Waals surface area contributed by atoms with Crippen molar-refractivity contribution < 1.29 is 37.1 Å². The number of hydrogen-bond acceptors (Lipinski definition) is 8. The van der Waals surface area contributed by atoms with Gasteiger partial charge >= 0.3 is 0 Å². The maximum atomic E-state index is 12.4. The third-order valence-electron chi connectivity index (χ3n) is 7.57. The molecule has 0 aliphatic heterocycles. The summed E-state index contributed by atoms with van der Waals surface area (Å²) in [5.74, 6) is 0.773. The summed E-state index contributed by atoms with van der Waals surface area (Å²) < 4.78 is 41.7. The number of benzene rings is 1. The van der Waals surface area contributed by atoms with E-state index in [0.717, 1.165) is 18.4 Å². The van der Waals surface area contributed by atoms with Gasteiger partial charge in [-0.3, -0.25) is 4.57 Å². The normalized spacial score (nSPS) is 13.5. The Bertz CT molecular complexity index is 1180. The van der Waals surface area contributed by atoms with Crippen molar-refractivity contribution in [2.75, 3.05) is 26.4 Å². The highest BCUT2D eigenvalue weighted by molar-refractivity contribution is 7.45. The molecule has 0 radical (unpaired) electrons. The molecule has 0 N–H and O–H groups in total. The van der Waals surface area contributed by atoms with E-state index in [-0.39, 0.29) is 25.7 Å². The van der Waals surface area contributed by atoms with Gasteiger partial charge in [0.05, 0.1) is 13.2 Å². The maximum Gasteiger partial charge on any atom is 0.268 e. The molecule has 0 aliphatic rings. The molecule has 45 heavy (non-hydrogen) atoms. The number of phosphoric acid groups is 1. The van der Waals surface area contributed by atoms with Gasteiger partial charge in [-0.25, -0.2) is 4.57 Å². The molecule has 0 bridgehead atoms. The molecule has 0 saturated heterocycles. The first-order valence-electron chi connectivity index (χ1n) is 16.9. The Morgan fingerprint density at radius 2 is 1.38 bits per heavy atom. The lowest BCUT2D eigenvalue weighted by atomic mass is 10.0. The second-order valence-electron chi connectivity index (χ2n) is 11.5. The average molecular weight is 645 g/mol. The highest BCUT2D eigenvalue weighted by atomic mass is 31.2. The molecule has 10 heteroatoms. The van der Waals surface area contributed by atoms with E-state index in [9.17, 15) is 9.46 Å². The lowest BCUT2D eigenvalue weighted by Gasteiger charge is -2.25. The van der Waals surface area contributed by atoms with Crippen LogP contribution in [-0.2, 0) is 24.9 Å². The Balaban J connectivity index is 1.34. The van der Waals surface area contributed by atoms with Gasteiger partial charge in [-0.05, 0) is 11.6 Å². The van der Waals surface area contributed by atoms with Gasteiger partial charge in [0, 0.05) is 30.4 Å². The Labute approximate surface area is 269 Å². The molecule has 9 nitrogen and oxygen atoms in total. The van der Waals surface area contributed by atoms with Gasteiger partial charge in [-0.1, -0.05) is 127 Å². The van der Waals surface area contributed by atoms with Crippen molar-refractivity contribution in [2.45, 2.75) is 109 Å². The second kappa shape index (κ2) is 22.9. The number of nitrogens with zero attached hydrogens (tertiary/aromatic N) is 2. The zero-order valence-corrected chi connectivity index (χ0v) is 28.0. The predicted molar refractivity (Wildman–Crippen MR) is 174 cm³/mol. The lowest BCUT2D eigenvalue weighted by Crippen LogP contribution is -2.35. The molecule has 2 atom stereocenters. The van der Waals surface area contributed by atoms with Crippen LogP contribution in [0.4, 0.5) is 0 Å². The molecule has 2 heterocycles. The van der Waals surface area contributed by atoms with Gasteiger partial charge in [0.15, 0.2) is 24.7 Å². The van der Waals surface area contributed by atoms with Crippen molar-refractivity contribution >= 4 is 7.82 Å². The van der Waals surface area contributed by atoms with Gasteiger partial charge in [-0.2, -0.15) is 0 Å². The van der Waals surface area contributed by atoms with E-state index in [0.29, 0.717) is 18.9 Å². The summed E-state index contributed by atoms with van der Waals surface area (Å²) in [7, 11) is -4.55. The molecule has 3 rings (SSSR count). The van der Waals surface area contributed by atoms with Gasteiger partial charge in [0.2, 0.25) is 0 Å². The standard InChI is InChI=1S/C35H53N2O7P/c1-2-3-4-5-6-7-8-9-10-11-12-13-14-21-27-40-30-33(43-35-29-34(44-36-35)32-22-17-15-18-23-32)31-42-45(38,39)41-28-26-37-24-19-16-20-25-37/h15-20,22-25,29,33H,2-14,21,26-28,30-31H2,1H3. The third-order valence-corrected chi connectivity index (χ3v) is 8.54. The van der Waals surface area contributed by atoms with Gasteiger partial charge < -0.3 is 27.9 Å². The number of aromatic nitrogens is 2. The van der Waals surface area contributed by atoms with Crippen LogP contribution in [0.5, 0.6) is 5.88 Å². The first kappa shape index (κ1) is 36.9. The van der Waals surface area contributed by atoms with E-state index in [4.69, 9.17) is 23.0 Å². The quantitative estimate of drug-likeness (QED) is 0.0466. The Hall–Kier alpha value is -2.55. The minimum absolute atomic E-state index is 0.0413. The molecule has 0 spiro atoms. The second-order valence-corrected chi connectivity index (χ2v) is 12.9. The summed E-state index contributed by atoms with van der Waals surface area (Å²) in [5, 5.41) is 3.99. The molecule has 2 aromatic heterocycles. The number of hydrogen-bond donors (Lipinski definition) is 0. The van der Waals surface area contributed by atoms with Crippen molar-refractivity contribution in [1.29, 1.82) is 0 Å². The Morgan fingerprint density at radius 1 is 0.778 bits per heavy atom.